The number of hydrogen-bond donors (Lipinski definition) is 1. The molecular weight excluding hydrogens is 290 g/mol. The van der Waals surface area contributed by atoms with E-state index in [1.165, 1.54) is 12.8 Å². The van der Waals surface area contributed by atoms with Crippen molar-refractivity contribution >= 4 is 11.8 Å². The zero-order valence-corrected chi connectivity index (χ0v) is 13.3. The van der Waals surface area contributed by atoms with Gasteiger partial charge in [0.15, 0.2) is 0 Å². The fraction of sp³-hybridized carbons (Fsp3) is 0.611. The Hall–Kier alpha value is -1.91. The first-order valence-electron chi connectivity index (χ1n) is 8.61. The number of aromatic nitrogens is 1. The number of pyridine rings is 1. The van der Waals surface area contributed by atoms with Crippen LogP contribution in [-0.2, 0) is 16.1 Å². The van der Waals surface area contributed by atoms with E-state index in [0.29, 0.717) is 24.8 Å². The van der Waals surface area contributed by atoms with Crippen LogP contribution in [0.1, 0.15) is 37.7 Å². The summed E-state index contributed by atoms with van der Waals surface area (Å²) in [6.07, 6.45) is 8.55. The number of likely N-dealkylation sites (tertiary alicyclic amines) is 1. The van der Waals surface area contributed by atoms with E-state index >= 15 is 0 Å². The maximum absolute atomic E-state index is 12.4. The van der Waals surface area contributed by atoms with Crippen molar-refractivity contribution in [2.24, 2.45) is 17.3 Å². The van der Waals surface area contributed by atoms with E-state index in [9.17, 15) is 9.59 Å². The van der Waals surface area contributed by atoms with Gasteiger partial charge in [0.05, 0.1) is 0 Å². The Morgan fingerprint density at radius 1 is 1.39 bits per heavy atom. The summed E-state index contributed by atoms with van der Waals surface area (Å²) in [5.74, 6) is 1.14. The molecule has 3 aliphatic rings. The lowest BCUT2D eigenvalue weighted by Crippen LogP contribution is -2.31. The summed E-state index contributed by atoms with van der Waals surface area (Å²) in [4.78, 5) is 30.6. The summed E-state index contributed by atoms with van der Waals surface area (Å²) in [5.41, 5.74) is 1.08. The Balaban J connectivity index is 1.27. The smallest absolute Gasteiger partial charge is 0.224 e. The molecule has 0 aromatic carbocycles. The van der Waals surface area contributed by atoms with Gasteiger partial charge in [-0.2, -0.15) is 0 Å². The number of nitrogens with one attached hydrogen (secondary N) is 1. The number of carbonyl (C=O) groups excluding carboxylic acids is 2. The lowest BCUT2D eigenvalue weighted by molar-refractivity contribution is -0.131. The van der Waals surface area contributed by atoms with E-state index in [2.05, 4.69) is 10.3 Å². The molecule has 3 fully saturated rings. The Labute approximate surface area is 136 Å². The van der Waals surface area contributed by atoms with Gasteiger partial charge in [-0.15, -0.1) is 0 Å². The summed E-state index contributed by atoms with van der Waals surface area (Å²) < 4.78 is 0. The molecule has 5 nitrogen and oxygen atoms in total. The molecule has 1 N–H and O–H groups in total. The number of carbonyl (C=O) groups is 2. The second kappa shape index (κ2) is 5.62. The van der Waals surface area contributed by atoms with Crippen molar-refractivity contribution < 1.29 is 9.59 Å². The summed E-state index contributed by atoms with van der Waals surface area (Å²) in [7, 11) is 0. The lowest BCUT2D eigenvalue weighted by Gasteiger charge is -2.16. The summed E-state index contributed by atoms with van der Waals surface area (Å²) in [5, 5.41) is 3.02. The average molecular weight is 313 g/mol. The molecular formula is C18H23N3O2. The molecule has 1 aromatic heterocycles. The zero-order chi connectivity index (χ0) is 15.9. The first-order valence-corrected chi connectivity index (χ1v) is 8.61. The van der Waals surface area contributed by atoms with Crippen molar-refractivity contribution in [3.05, 3.63) is 30.1 Å². The van der Waals surface area contributed by atoms with Crippen LogP contribution in [0.15, 0.2) is 24.5 Å². The van der Waals surface area contributed by atoms with Crippen LogP contribution in [0.25, 0.3) is 0 Å². The van der Waals surface area contributed by atoms with E-state index in [0.717, 1.165) is 31.5 Å². The fourth-order valence-corrected chi connectivity index (χ4v) is 3.79. The maximum Gasteiger partial charge on any atom is 0.224 e. The Bertz CT molecular complexity index is 614. The van der Waals surface area contributed by atoms with Crippen LogP contribution in [0.4, 0.5) is 0 Å². The van der Waals surface area contributed by atoms with E-state index in [4.69, 9.17) is 0 Å². The SMILES string of the molecule is O=C(NCc1cccnc1)[C@@H]1C[C@@]12CCN(C(=O)CC1CC1)C2. The van der Waals surface area contributed by atoms with Gasteiger partial charge in [-0.3, -0.25) is 14.6 Å². The van der Waals surface area contributed by atoms with Crippen LogP contribution in [0.2, 0.25) is 0 Å². The third-order valence-corrected chi connectivity index (χ3v) is 5.59. The lowest BCUT2D eigenvalue weighted by atomic mass is 10.0. The average Bonchev–Trinajstić information content (AvgIpc) is 3.45. The van der Waals surface area contributed by atoms with Gasteiger partial charge in [0.1, 0.15) is 0 Å². The zero-order valence-electron chi connectivity index (χ0n) is 13.3. The number of hydrogen-bond acceptors (Lipinski definition) is 3. The molecule has 1 aromatic rings. The van der Waals surface area contributed by atoms with Gasteiger partial charge in [0, 0.05) is 49.8 Å². The molecule has 0 radical (unpaired) electrons. The first-order chi connectivity index (χ1) is 11.2. The van der Waals surface area contributed by atoms with Gasteiger partial charge >= 0.3 is 0 Å². The van der Waals surface area contributed by atoms with E-state index in [1.807, 2.05) is 17.0 Å². The van der Waals surface area contributed by atoms with Gasteiger partial charge in [-0.05, 0) is 43.2 Å². The van der Waals surface area contributed by atoms with Crippen molar-refractivity contribution in [3.8, 4) is 0 Å². The van der Waals surface area contributed by atoms with Crippen molar-refractivity contribution in [3.63, 3.8) is 0 Å². The van der Waals surface area contributed by atoms with Gasteiger partial charge in [0.2, 0.25) is 11.8 Å². The molecule has 1 saturated heterocycles. The van der Waals surface area contributed by atoms with Crippen LogP contribution in [-0.4, -0.2) is 34.8 Å². The molecule has 1 spiro atoms. The van der Waals surface area contributed by atoms with E-state index < -0.39 is 0 Å². The van der Waals surface area contributed by atoms with Crippen molar-refractivity contribution in [2.45, 2.75) is 38.6 Å². The minimum Gasteiger partial charge on any atom is -0.352 e. The highest BCUT2D eigenvalue weighted by Crippen LogP contribution is 2.58. The van der Waals surface area contributed by atoms with E-state index in [1.54, 1.807) is 12.4 Å². The standard InChI is InChI=1S/C18H23N3O2/c22-16(8-13-3-4-13)21-7-5-18(12-21)9-15(18)17(23)20-11-14-2-1-6-19-10-14/h1-2,6,10,13,15H,3-5,7-9,11-12H2,(H,20,23)/t15-,18+/m0/s1. The molecule has 2 atom stereocenters. The van der Waals surface area contributed by atoms with Gasteiger partial charge in [-0.25, -0.2) is 0 Å². The van der Waals surface area contributed by atoms with Crippen LogP contribution in [0.3, 0.4) is 0 Å². The second-order valence-corrected chi connectivity index (χ2v) is 7.41. The van der Waals surface area contributed by atoms with Gasteiger partial charge in [0.25, 0.3) is 0 Å². The molecule has 2 aliphatic carbocycles. The molecule has 2 amide bonds. The second-order valence-electron chi connectivity index (χ2n) is 7.41. The molecule has 2 heterocycles. The molecule has 0 unspecified atom stereocenters. The van der Waals surface area contributed by atoms with Gasteiger partial charge in [-0.1, -0.05) is 6.07 Å². The Kier molecular flexibility index (Phi) is 3.58. The summed E-state index contributed by atoms with van der Waals surface area (Å²) in [6.45, 7) is 2.14. The molecule has 5 heteroatoms. The third-order valence-electron chi connectivity index (χ3n) is 5.59. The molecule has 0 bridgehead atoms. The highest BCUT2D eigenvalue weighted by atomic mass is 16.2. The van der Waals surface area contributed by atoms with Crippen LogP contribution < -0.4 is 5.32 Å². The monoisotopic (exact) mass is 313 g/mol. The van der Waals surface area contributed by atoms with Gasteiger partial charge < -0.3 is 10.2 Å². The fourth-order valence-electron chi connectivity index (χ4n) is 3.79. The normalized spacial score (nSPS) is 28.9. The molecule has 122 valence electrons. The van der Waals surface area contributed by atoms with Crippen molar-refractivity contribution in [1.29, 1.82) is 0 Å². The number of nitrogens with zero attached hydrogens (tertiary/aromatic N) is 2. The minimum atomic E-state index is 0.0677. The number of rotatable bonds is 5. The summed E-state index contributed by atoms with van der Waals surface area (Å²) in [6, 6.07) is 3.84. The minimum absolute atomic E-state index is 0.0677. The third kappa shape index (κ3) is 3.09. The topological polar surface area (TPSA) is 62.3 Å². The Morgan fingerprint density at radius 2 is 2.26 bits per heavy atom. The predicted molar refractivity (Wildman–Crippen MR) is 85.2 cm³/mol. The quantitative estimate of drug-likeness (QED) is 0.900. The van der Waals surface area contributed by atoms with Crippen molar-refractivity contribution in [1.82, 2.24) is 15.2 Å². The van der Waals surface area contributed by atoms with Crippen LogP contribution in [0.5, 0.6) is 0 Å². The molecule has 4 rings (SSSR count). The first kappa shape index (κ1) is 14.7. The predicted octanol–water partition coefficient (Wildman–Crippen LogP) is 1.74. The molecule has 2 saturated carbocycles. The largest absolute Gasteiger partial charge is 0.352 e. The summed E-state index contributed by atoms with van der Waals surface area (Å²) >= 11 is 0. The highest BCUT2D eigenvalue weighted by molar-refractivity contribution is 5.83. The Morgan fingerprint density at radius 3 is 3.00 bits per heavy atom. The number of amides is 2. The molecule has 1 aliphatic heterocycles. The highest BCUT2D eigenvalue weighted by Gasteiger charge is 2.61. The van der Waals surface area contributed by atoms with E-state index in [-0.39, 0.29) is 17.2 Å². The maximum atomic E-state index is 12.4. The van der Waals surface area contributed by atoms with Crippen molar-refractivity contribution in [2.75, 3.05) is 13.1 Å². The van der Waals surface area contributed by atoms with Crippen LogP contribution >= 0.6 is 0 Å². The van der Waals surface area contributed by atoms with Crippen LogP contribution in [0, 0.1) is 17.3 Å². The molecule has 23 heavy (non-hydrogen) atoms.